The van der Waals surface area contributed by atoms with Crippen molar-refractivity contribution in [1.29, 1.82) is 0 Å². The molecule has 3 rings (SSSR count). The van der Waals surface area contributed by atoms with Gasteiger partial charge in [-0.2, -0.15) is 10.2 Å². The molecule has 0 saturated heterocycles. The number of carbonyl (C=O) groups is 1. The van der Waals surface area contributed by atoms with Gasteiger partial charge in [-0.15, -0.1) is 0 Å². The molecular formula is C19H17BrN4O. The lowest BCUT2D eigenvalue weighted by atomic mass is 10.2. The third kappa shape index (κ3) is 3.85. The Morgan fingerprint density at radius 1 is 1.16 bits per heavy atom. The van der Waals surface area contributed by atoms with E-state index < -0.39 is 0 Å². The van der Waals surface area contributed by atoms with Crippen LogP contribution in [0.5, 0.6) is 0 Å². The van der Waals surface area contributed by atoms with E-state index in [0.717, 1.165) is 27.1 Å². The molecule has 3 aromatic rings. The van der Waals surface area contributed by atoms with Crippen molar-refractivity contribution in [2.24, 2.45) is 5.10 Å². The molecule has 0 fully saturated rings. The lowest BCUT2D eigenvalue weighted by Crippen LogP contribution is -2.17. The number of para-hydroxylation sites is 1. The predicted molar refractivity (Wildman–Crippen MR) is 102 cm³/mol. The number of aromatic nitrogens is 2. The largest absolute Gasteiger partial charge is 0.271 e. The fourth-order valence-corrected chi connectivity index (χ4v) is 2.91. The first-order valence-corrected chi connectivity index (χ1v) is 8.56. The Morgan fingerprint density at radius 3 is 2.64 bits per heavy atom. The molecule has 0 spiro atoms. The molecule has 0 aliphatic rings. The molecule has 0 saturated carbocycles. The normalized spacial score (nSPS) is 11.0. The molecule has 0 aliphatic carbocycles. The first-order chi connectivity index (χ1) is 12.1. The second kappa shape index (κ2) is 7.44. The highest BCUT2D eigenvalue weighted by molar-refractivity contribution is 9.10. The van der Waals surface area contributed by atoms with Crippen LogP contribution >= 0.6 is 15.9 Å². The minimum Gasteiger partial charge on any atom is -0.267 e. The smallest absolute Gasteiger partial charge is 0.267 e. The van der Waals surface area contributed by atoms with Crippen LogP contribution in [0.25, 0.3) is 5.69 Å². The van der Waals surface area contributed by atoms with E-state index in [9.17, 15) is 4.79 Å². The molecule has 1 amide bonds. The summed E-state index contributed by atoms with van der Waals surface area (Å²) < 4.78 is 2.72. The zero-order valence-corrected chi connectivity index (χ0v) is 15.5. The van der Waals surface area contributed by atoms with E-state index in [-0.39, 0.29) is 5.91 Å². The average molecular weight is 397 g/mol. The Balaban J connectivity index is 1.78. The van der Waals surface area contributed by atoms with E-state index in [1.807, 2.05) is 54.9 Å². The van der Waals surface area contributed by atoms with E-state index in [1.54, 1.807) is 24.4 Å². The van der Waals surface area contributed by atoms with Gasteiger partial charge in [0.1, 0.15) is 0 Å². The molecule has 25 heavy (non-hydrogen) atoms. The molecule has 0 unspecified atom stereocenters. The topological polar surface area (TPSA) is 59.3 Å². The van der Waals surface area contributed by atoms with Crippen LogP contribution in [0.15, 0.2) is 64.2 Å². The molecule has 1 N–H and O–H groups in total. The Morgan fingerprint density at radius 2 is 1.92 bits per heavy atom. The molecule has 0 radical (unpaired) electrons. The quantitative estimate of drug-likeness (QED) is 0.534. The van der Waals surface area contributed by atoms with E-state index >= 15 is 0 Å². The fraction of sp³-hybridized carbons (Fsp3) is 0.105. The van der Waals surface area contributed by atoms with Crippen molar-refractivity contribution < 1.29 is 4.79 Å². The lowest BCUT2D eigenvalue weighted by Gasteiger charge is -2.03. The molecule has 6 heteroatoms. The van der Waals surface area contributed by atoms with Gasteiger partial charge >= 0.3 is 0 Å². The summed E-state index contributed by atoms with van der Waals surface area (Å²) in [5.41, 5.74) is 6.78. The number of rotatable bonds is 4. The maximum absolute atomic E-state index is 12.1. The van der Waals surface area contributed by atoms with Crippen molar-refractivity contribution in [3.8, 4) is 5.69 Å². The van der Waals surface area contributed by atoms with Crippen LogP contribution in [0.4, 0.5) is 0 Å². The number of hydrogen-bond acceptors (Lipinski definition) is 3. The predicted octanol–water partition coefficient (Wildman–Crippen LogP) is 4.02. The van der Waals surface area contributed by atoms with Gasteiger partial charge in [0.2, 0.25) is 0 Å². The molecule has 0 atom stereocenters. The summed E-state index contributed by atoms with van der Waals surface area (Å²) in [6, 6.07) is 17.1. The molecular weight excluding hydrogens is 380 g/mol. The first kappa shape index (κ1) is 17.1. The van der Waals surface area contributed by atoms with Gasteiger partial charge in [0.05, 0.1) is 23.3 Å². The van der Waals surface area contributed by atoms with Crippen LogP contribution in [0.2, 0.25) is 0 Å². The van der Waals surface area contributed by atoms with E-state index in [0.29, 0.717) is 5.56 Å². The van der Waals surface area contributed by atoms with E-state index in [1.165, 1.54) is 0 Å². The van der Waals surface area contributed by atoms with Crippen LogP contribution in [0.1, 0.15) is 27.3 Å². The number of amides is 1. The molecule has 1 heterocycles. The summed E-state index contributed by atoms with van der Waals surface area (Å²) in [4.78, 5) is 12.1. The third-order valence-corrected chi connectivity index (χ3v) is 4.29. The molecule has 1 aromatic heterocycles. The maximum atomic E-state index is 12.1. The van der Waals surface area contributed by atoms with Crippen LogP contribution < -0.4 is 5.43 Å². The summed E-state index contributed by atoms with van der Waals surface area (Å²) in [7, 11) is 0. The number of carbonyl (C=O) groups excluding carboxylic acids is 1. The number of nitrogens with one attached hydrogen (secondary N) is 1. The van der Waals surface area contributed by atoms with Crippen LogP contribution in [-0.2, 0) is 0 Å². The summed E-state index contributed by atoms with van der Waals surface area (Å²) >= 11 is 3.35. The molecule has 5 nitrogen and oxygen atoms in total. The van der Waals surface area contributed by atoms with E-state index in [4.69, 9.17) is 0 Å². The van der Waals surface area contributed by atoms with Crippen molar-refractivity contribution in [2.45, 2.75) is 13.8 Å². The average Bonchev–Trinajstić information content (AvgIpc) is 2.90. The number of benzene rings is 2. The van der Waals surface area contributed by atoms with Crippen molar-refractivity contribution >= 4 is 28.1 Å². The standard InChI is InChI=1S/C19H17BrN4O/c1-13-18(14(2)24(23-13)17-9-4-3-5-10-17)12-21-22-19(25)15-7-6-8-16(20)11-15/h3-12H,1-2H3,(H,22,25)/b21-12+. The van der Waals surface area contributed by atoms with Crippen LogP contribution in [0.3, 0.4) is 0 Å². The number of halogens is 1. The van der Waals surface area contributed by atoms with Gasteiger partial charge in [-0.25, -0.2) is 10.1 Å². The zero-order valence-electron chi connectivity index (χ0n) is 13.9. The Hall–Kier alpha value is -2.73. The van der Waals surface area contributed by atoms with Crippen LogP contribution in [0, 0.1) is 13.8 Å². The first-order valence-electron chi connectivity index (χ1n) is 7.77. The Bertz CT molecular complexity index is 932. The highest BCUT2D eigenvalue weighted by atomic mass is 79.9. The summed E-state index contributed by atoms with van der Waals surface area (Å²) in [6.45, 7) is 3.90. The Kier molecular flexibility index (Phi) is 5.09. The summed E-state index contributed by atoms with van der Waals surface area (Å²) in [6.07, 6.45) is 1.63. The van der Waals surface area contributed by atoms with Crippen molar-refractivity contribution in [2.75, 3.05) is 0 Å². The number of aryl methyl sites for hydroxylation is 1. The monoisotopic (exact) mass is 396 g/mol. The SMILES string of the molecule is Cc1nn(-c2ccccc2)c(C)c1/C=N/NC(=O)c1cccc(Br)c1. The van der Waals surface area contributed by atoms with Gasteiger partial charge in [0.15, 0.2) is 0 Å². The van der Waals surface area contributed by atoms with Gasteiger partial charge < -0.3 is 0 Å². The van der Waals surface area contributed by atoms with Crippen molar-refractivity contribution in [3.05, 3.63) is 81.6 Å². The van der Waals surface area contributed by atoms with Gasteiger partial charge in [-0.05, 0) is 44.2 Å². The molecule has 2 aromatic carbocycles. The Labute approximate surface area is 154 Å². The summed E-state index contributed by atoms with van der Waals surface area (Å²) in [5, 5.41) is 8.64. The number of hydrazone groups is 1. The van der Waals surface area contributed by atoms with Gasteiger partial charge in [-0.3, -0.25) is 4.79 Å². The molecule has 126 valence electrons. The molecule has 0 aliphatic heterocycles. The van der Waals surface area contributed by atoms with Gasteiger partial charge in [-0.1, -0.05) is 40.2 Å². The minimum atomic E-state index is -0.261. The number of nitrogens with zero attached hydrogens (tertiary/aromatic N) is 3. The minimum absolute atomic E-state index is 0.261. The van der Waals surface area contributed by atoms with Gasteiger partial charge in [0, 0.05) is 15.6 Å². The number of hydrogen-bond donors (Lipinski definition) is 1. The fourth-order valence-electron chi connectivity index (χ4n) is 2.51. The van der Waals surface area contributed by atoms with Gasteiger partial charge in [0.25, 0.3) is 5.91 Å². The third-order valence-electron chi connectivity index (χ3n) is 3.79. The van der Waals surface area contributed by atoms with Crippen LogP contribution in [-0.4, -0.2) is 21.9 Å². The second-order valence-electron chi connectivity index (χ2n) is 5.54. The summed E-state index contributed by atoms with van der Waals surface area (Å²) in [5.74, 6) is -0.261. The van der Waals surface area contributed by atoms with E-state index in [2.05, 4.69) is 31.6 Å². The van der Waals surface area contributed by atoms with Crippen molar-refractivity contribution in [1.82, 2.24) is 15.2 Å². The lowest BCUT2D eigenvalue weighted by molar-refractivity contribution is 0.0955. The maximum Gasteiger partial charge on any atom is 0.271 e. The highest BCUT2D eigenvalue weighted by Gasteiger charge is 2.11. The highest BCUT2D eigenvalue weighted by Crippen LogP contribution is 2.16. The zero-order chi connectivity index (χ0) is 17.8. The van der Waals surface area contributed by atoms with Crippen molar-refractivity contribution in [3.63, 3.8) is 0 Å². The second-order valence-corrected chi connectivity index (χ2v) is 6.46. The molecule has 0 bridgehead atoms.